The van der Waals surface area contributed by atoms with Crippen LogP contribution in [0.5, 0.6) is 5.75 Å². The van der Waals surface area contributed by atoms with E-state index in [9.17, 15) is 13.2 Å². The molecular formula is C14H17F3N2O. The van der Waals surface area contributed by atoms with Crippen molar-refractivity contribution in [2.75, 3.05) is 26.2 Å². The minimum absolute atomic E-state index is 0.196. The Morgan fingerprint density at radius 3 is 2.40 bits per heavy atom. The first-order chi connectivity index (χ1) is 9.44. The van der Waals surface area contributed by atoms with Crippen molar-refractivity contribution in [2.24, 2.45) is 0 Å². The fraction of sp³-hybridized carbons (Fsp3) is 0.500. The van der Waals surface area contributed by atoms with Gasteiger partial charge in [-0.25, -0.2) is 0 Å². The molecule has 1 aromatic carbocycles. The number of nitriles is 1. The van der Waals surface area contributed by atoms with E-state index < -0.39 is 12.7 Å². The Morgan fingerprint density at radius 2 is 1.90 bits per heavy atom. The Kier molecular flexibility index (Phi) is 6.32. The van der Waals surface area contributed by atoms with Gasteiger partial charge in [0.25, 0.3) is 0 Å². The van der Waals surface area contributed by atoms with Crippen LogP contribution in [0.3, 0.4) is 0 Å². The van der Waals surface area contributed by atoms with Crippen LogP contribution in [0.25, 0.3) is 0 Å². The summed E-state index contributed by atoms with van der Waals surface area (Å²) in [6.07, 6.45) is -3.86. The zero-order valence-electron chi connectivity index (χ0n) is 11.3. The molecule has 0 aliphatic heterocycles. The van der Waals surface area contributed by atoms with Crippen molar-refractivity contribution in [1.82, 2.24) is 4.90 Å². The highest BCUT2D eigenvalue weighted by atomic mass is 19.4. The van der Waals surface area contributed by atoms with E-state index in [0.717, 1.165) is 5.56 Å². The van der Waals surface area contributed by atoms with E-state index in [1.165, 1.54) is 4.90 Å². The van der Waals surface area contributed by atoms with Crippen LogP contribution in [0, 0.1) is 11.3 Å². The molecule has 0 saturated carbocycles. The third-order valence-corrected chi connectivity index (χ3v) is 2.73. The Morgan fingerprint density at radius 1 is 1.25 bits per heavy atom. The standard InChI is InChI=1S/C14H17F3N2O/c1-2-19(11-14(15,16)17)9-10-20-13-5-3-12(4-6-13)7-8-18/h3-6H,2,7,9-11H2,1H3. The van der Waals surface area contributed by atoms with Gasteiger partial charge in [0.1, 0.15) is 12.4 Å². The molecule has 20 heavy (non-hydrogen) atoms. The maximum atomic E-state index is 12.3. The maximum absolute atomic E-state index is 12.3. The Balaban J connectivity index is 2.37. The quantitative estimate of drug-likeness (QED) is 0.773. The highest BCUT2D eigenvalue weighted by Crippen LogP contribution is 2.16. The zero-order valence-corrected chi connectivity index (χ0v) is 11.3. The first-order valence-corrected chi connectivity index (χ1v) is 6.32. The van der Waals surface area contributed by atoms with Crippen molar-refractivity contribution in [3.63, 3.8) is 0 Å². The summed E-state index contributed by atoms with van der Waals surface area (Å²) in [6.45, 7) is 1.50. The average molecular weight is 286 g/mol. The average Bonchev–Trinajstić information content (AvgIpc) is 2.38. The summed E-state index contributed by atoms with van der Waals surface area (Å²) in [7, 11) is 0. The van der Waals surface area contributed by atoms with Crippen LogP contribution in [0.4, 0.5) is 13.2 Å². The van der Waals surface area contributed by atoms with Gasteiger partial charge in [0.2, 0.25) is 0 Å². The van der Waals surface area contributed by atoms with Gasteiger partial charge in [0, 0.05) is 6.54 Å². The van der Waals surface area contributed by atoms with E-state index >= 15 is 0 Å². The molecule has 0 aliphatic carbocycles. The largest absolute Gasteiger partial charge is 0.492 e. The molecule has 0 unspecified atom stereocenters. The van der Waals surface area contributed by atoms with Crippen molar-refractivity contribution in [3.8, 4) is 11.8 Å². The van der Waals surface area contributed by atoms with Gasteiger partial charge < -0.3 is 4.74 Å². The number of benzene rings is 1. The minimum Gasteiger partial charge on any atom is -0.492 e. The van der Waals surface area contributed by atoms with E-state index in [0.29, 0.717) is 18.7 Å². The second-order valence-corrected chi connectivity index (χ2v) is 4.31. The van der Waals surface area contributed by atoms with Crippen LogP contribution in [0.2, 0.25) is 0 Å². The van der Waals surface area contributed by atoms with E-state index in [2.05, 4.69) is 0 Å². The van der Waals surface area contributed by atoms with Gasteiger partial charge in [-0.3, -0.25) is 4.90 Å². The molecule has 0 heterocycles. The van der Waals surface area contributed by atoms with Gasteiger partial charge in [-0.1, -0.05) is 19.1 Å². The summed E-state index contributed by atoms with van der Waals surface area (Å²) in [4.78, 5) is 1.28. The van der Waals surface area contributed by atoms with E-state index in [-0.39, 0.29) is 13.2 Å². The lowest BCUT2D eigenvalue weighted by Crippen LogP contribution is -2.36. The van der Waals surface area contributed by atoms with Gasteiger partial charge in [0.05, 0.1) is 19.0 Å². The molecule has 0 spiro atoms. The molecule has 1 aromatic rings. The molecule has 110 valence electrons. The first kappa shape index (κ1) is 16.3. The van der Waals surface area contributed by atoms with Gasteiger partial charge in [0.15, 0.2) is 0 Å². The van der Waals surface area contributed by atoms with Crippen LogP contribution in [-0.2, 0) is 6.42 Å². The zero-order chi connectivity index (χ0) is 15.0. The third-order valence-electron chi connectivity index (χ3n) is 2.73. The number of ether oxygens (including phenoxy) is 1. The van der Waals surface area contributed by atoms with E-state index in [1.807, 2.05) is 6.07 Å². The molecule has 0 N–H and O–H groups in total. The summed E-state index contributed by atoms with van der Waals surface area (Å²) in [6, 6.07) is 9.01. The van der Waals surface area contributed by atoms with Crippen molar-refractivity contribution in [2.45, 2.75) is 19.5 Å². The molecule has 0 amide bonds. The molecule has 0 atom stereocenters. The lowest BCUT2D eigenvalue weighted by molar-refractivity contribution is -0.146. The summed E-state index contributed by atoms with van der Waals surface area (Å²) in [5, 5.41) is 8.53. The van der Waals surface area contributed by atoms with Gasteiger partial charge in [-0.2, -0.15) is 18.4 Å². The Hall–Kier alpha value is -1.74. The maximum Gasteiger partial charge on any atom is 0.401 e. The number of alkyl halides is 3. The fourth-order valence-corrected chi connectivity index (χ4v) is 1.69. The molecule has 3 nitrogen and oxygen atoms in total. The normalized spacial score (nSPS) is 11.4. The lowest BCUT2D eigenvalue weighted by atomic mass is 10.2. The summed E-state index contributed by atoms with van der Waals surface area (Å²) in [5.74, 6) is 0.592. The van der Waals surface area contributed by atoms with Gasteiger partial charge >= 0.3 is 6.18 Å². The molecule has 0 aromatic heterocycles. The summed E-state index contributed by atoms with van der Waals surface area (Å²) in [5.41, 5.74) is 0.882. The molecular weight excluding hydrogens is 269 g/mol. The van der Waals surface area contributed by atoms with Crippen LogP contribution in [0.15, 0.2) is 24.3 Å². The van der Waals surface area contributed by atoms with E-state index in [4.69, 9.17) is 10.00 Å². The van der Waals surface area contributed by atoms with Crippen LogP contribution in [-0.4, -0.2) is 37.3 Å². The molecule has 0 fully saturated rings. The molecule has 0 aliphatic rings. The summed E-state index contributed by atoms with van der Waals surface area (Å²) < 4.78 is 42.1. The predicted octanol–water partition coefficient (Wildman–Crippen LogP) is 3.02. The second kappa shape index (κ2) is 7.75. The molecule has 1 rings (SSSR count). The van der Waals surface area contributed by atoms with E-state index in [1.54, 1.807) is 31.2 Å². The minimum atomic E-state index is -4.19. The number of nitrogens with zero attached hydrogens (tertiary/aromatic N) is 2. The Labute approximate surface area is 116 Å². The fourth-order valence-electron chi connectivity index (χ4n) is 1.69. The number of likely N-dealkylation sites (N-methyl/N-ethyl adjacent to an activating group) is 1. The molecule has 0 bridgehead atoms. The van der Waals surface area contributed by atoms with Crippen molar-refractivity contribution >= 4 is 0 Å². The van der Waals surface area contributed by atoms with Crippen LogP contribution in [0.1, 0.15) is 12.5 Å². The lowest BCUT2D eigenvalue weighted by Gasteiger charge is -2.21. The summed E-state index contributed by atoms with van der Waals surface area (Å²) >= 11 is 0. The predicted molar refractivity (Wildman–Crippen MR) is 69.4 cm³/mol. The highest BCUT2D eigenvalue weighted by Gasteiger charge is 2.29. The molecule has 0 radical (unpaired) electrons. The number of hydrogen-bond acceptors (Lipinski definition) is 3. The topological polar surface area (TPSA) is 36.3 Å². The number of rotatable bonds is 7. The number of halogens is 3. The number of hydrogen-bond donors (Lipinski definition) is 0. The smallest absolute Gasteiger partial charge is 0.401 e. The third kappa shape index (κ3) is 6.43. The van der Waals surface area contributed by atoms with Crippen molar-refractivity contribution in [1.29, 1.82) is 5.26 Å². The van der Waals surface area contributed by atoms with Crippen molar-refractivity contribution < 1.29 is 17.9 Å². The highest BCUT2D eigenvalue weighted by molar-refractivity contribution is 5.28. The van der Waals surface area contributed by atoms with Gasteiger partial charge in [-0.05, 0) is 24.2 Å². The Bertz CT molecular complexity index is 437. The van der Waals surface area contributed by atoms with Crippen molar-refractivity contribution in [3.05, 3.63) is 29.8 Å². The van der Waals surface area contributed by atoms with Crippen LogP contribution < -0.4 is 4.74 Å². The molecule has 0 saturated heterocycles. The van der Waals surface area contributed by atoms with Gasteiger partial charge in [-0.15, -0.1) is 0 Å². The monoisotopic (exact) mass is 286 g/mol. The van der Waals surface area contributed by atoms with Crippen LogP contribution >= 0.6 is 0 Å². The SMILES string of the molecule is CCN(CCOc1ccc(CC#N)cc1)CC(F)(F)F. The first-order valence-electron chi connectivity index (χ1n) is 6.32. The second-order valence-electron chi connectivity index (χ2n) is 4.31. The molecule has 6 heteroatoms.